The summed E-state index contributed by atoms with van der Waals surface area (Å²) in [5, 5.41) is 6.44. The van der Waals surface area contributed by atoms with E-state index in [1.165, 1.54) is 24.3 Å². The minimum Gasteiger partial charge on any atom is -0.486 e. The molecule has 3 fully saturated rings. The normalized spacial score (nSPS) is 23.7. The minimum absolute atomic E-state index is 0.00548. The third-order valence-electron chi connectivity index (χ3n) is 6.82. The van der Waals surface area contributed by atoms with Crippen molar-refractivity contribution in [1.82, 2.24) is 10.6 Å². The molecule has 0 aromatic heterocycles. The number of rotatable bonds is 10. The molecule has 1 atom stereocenters. The molecule has 0 aliphatic heterocycles. The van der Waals surface area contributed by atoms with Crippen molar-refractivity contribution in [3.05, 3.63) is 58.1 Å². The first-order valence-corrected chi connectivity index (χ1v) is 13.2. The van der Waals surface area contributed by atoms with Gasteiger partial charge in [-0.1, -0.05) is 23.2 Å². The zero-order valence-electron chi connectivity index (χ0n) is 20.5. The highest BCUT2D eigenvalue weighted by atomic mass is 35.5. The van der Waals surface area contributed by atoms with Crippen LogP contribution in [0.4, 0.5) is 8.78 Å². The van der Waals surface area contributed by atoms with E-state index in [0.29, 0.717) is 30.8 Å². The molecule has 3 saturated carbocycles. The van der Waals surface area contributed by atoms with E-state index < -0.39 is 11.6 Å². The Bertz CT molecular complexity index is 1120. The van der Waals surface area contributed by atoms with E-state index in [1.807, 2.05) is 7.05 Å². The summed E-state index contributed by atoms with van der Waals surface area (Å²) >= 11 is 11.4. The summed E-state index contributed by atoms with van der Waals surface area (Å²) in [6, 6.07) is 8.05. The molecule has 0 radical (unpaired) electrons. The van der Waals surface area contributed by atoms with E-state index in [2.05, 4.69) is 10.6 Å². The van der Waals surface area contributed by atoms with E-state index in [1.54, 1.807) is 0 Å². The van der Waals surface area contributed by atoms with Crippen LogP contribution in [0.25, 0.3) is 0 Å². The van der Waals surface area contributed by atoms with Crippen molar-refractivity contribution in [2.45, 2.75) is 49.3 Å². The molecule has 13 heteroatoms. The molecular weight excluding hydrogens is 565 g/mol. The Balaban J connectivity index is 0.000000279. The largest absolute Gasteiger partial charge is 0.486 e. The monoisotopic (exact) mass is 592 g/mol. The summed E-state index contributed by atoms with van der Waals surface area (Å²) in [4.78, 5) is 22.3. The summed E-state index contributed by atoms with van der Waals surface area (Å²) in [5.41, 5.74) is -0.537. The molecule has 1 unspecified atom stereocenters. The molecule has 2 bridgehead atoms. The Morgan fingerprint density at radius 2 is 1.66 bits per heavy atom. The van der Waals surface area contributed by atoms with Gasteiger partial charge in [-0.25, -0.2) is 8.78 Å². The van der Waals surface area contributed by atoms with E-state index in [9.17, 15) is 18.4 Å². The number of hydrogen-bond acceptors (Lipinski definition) is 8. The van der Waals surface area contributed by atoms with Gasteiger partial charge in [0.05, 0.1) is 16.1 Å². The minimum atomic E-state index is -0.590. The number of hydrogen-bond donors (Lipinski definition) is 3. The summed E-state index contributed by atoms with van der Waals surface area (Å²) in [5.74, 6) is -0.870. The standard InChI is InChI=1S/C17H22ClFN2O4S.C8H6ClFO2/c1-20-17-6-4-16(5-7-17,9-14(17)25-26-23)21-15(22)10-24-11-2-3-12(18)13(19)8-11;9-7-2-1-6(5-8(7)10)12-4-3-11/h2-3,8,14,20,23H,4-7,9-10H2,1H3,(H,21,22);1-3,5H,4H2. The van der Waals surface area contributed by atoms with Crippen LogP contribution in [0, 0.1) is 11.6 Å². The van der Waals surface area contributed by atoms with E-state index in [0.717, 1.165) is 37.8 Å². The van der Waals surface area contributed by atoms with Crippen LogP contribution >= 0.6 is 35.5 Å². The average Bonchev–Trinajstić information content (AvgIpc) is 2.91. The van der Waals surface area contributed by atoms with Gasteiger partial charge in [-0.15, -0.1) is 0 Å². The van der Waals surface area contributed by atoms with E-state index in [-0.39, 0.29) is 52.1 Å². The number of halogens is 4. The molecule has 2 aromatic carbocycles. The molecule has 3 N–H and O–H groups in total. The number of carbonyl (C=O) groups is 2. The first-order chi connectivity index (χ1) is 18.2. The van der Waals surface area contributed by atoms with Crippen LogP contribution < -0.4 is 20.1 Å². The lowest BCUT2D eigenvalue weighted by Gasteiger charge is -2.56. The van der Waals surface area contributed by atoms with Gasteiger partial charge in [0.2, 0.25) is 0 Å². The van der Waals surface area contributed by atoms with Gasteiger partial charge in [0.25, 0.3) is 5.91 Å². The molecule has 5 rings (SSSR count). The predicted octanol–water partition coefficient (Wildman–Crippen LogP) is 5.21. The number of amides is 1. The summed E-state index contributed by atoms with van der Waals surface area (Å²) in [7, 11) is 1.90. The molecule has 0 heterocycles. The third kappa shape index (κ3) is 7.71. The van der Waals surface area contributed by atoms with Gasteiger partial charge in [0.1, 0.15) is 29.7 Å². The van der Waals surface area contributed by atoms with E-state index in [4.69, 9.17) is 41.4 Å². The Morgan fingerprint density at radius 1 is 1.08 bits per heavy atom. The van der Waals surface area contributed by atoms with Crippen molar-refractivity contribution < 1.29 is 36.6 Å². The Morgan fingerprint density at radius 3 is 2.16 bits per heavy atom. The van der Waals surface area contributed by atoms with Crippen molar-refractivity contribution in [1.29, 1.82) is 0 Å². The molecule has 2 aromatic rings. The SMILES string of the molecule is CNC12CCC(NC(=O)COc3ccc(Cl)c(F)c3)(CC1)CC2OSO.O=CCOc1ccc(Cl)c(F)c1. The van der Waals surface area contributed by atoms with Gasteiger partial charge in [-0.05, 0) is 63.4 Å². The van der Waals surface area contributed by atoms with Crippen LogP contribution in [0.2, 0.25) is 10.0 Å². The summed E-state index contributed by atoms with van der Waals surface area (Å²) in [6.45, 7) is -0.290. The first kappa shape index (κ1) is 30.4. The number of benzene rings is 2. The van der Waals surface area contributed by atoms with Gasteiger partial charge in [-0.2, -0.15) is 0 Å². The number of likely N-dealkylation sites (N-methyl/N-ethyl adjacent to an activating group) is 1. The predicted molar refractivity (Wildman–Crippen MR) is 141 cm³/mol. The second-order valence-electron chi connectivity index (χ2n) is 9.02. The van der Waals surface area contributed by atoms with Gasteiger partial charge in [0.15, 0.2) is 25.2 Å². The lowest BCUT2D eigenvalue weighted by atomic mass is 9.60. The number of carbonyl (C=O) groups excluding carboxylic acids is 2. The Kier molecular flexibility index (Phi) is 11.0. The maximum Gasteiger partial charge on any atom is 0.258 e. The lowest BCUT2D eigenvalue weighted by molar-refractivity contribution is -0.128. The molecule has 0 saturated heterocycles. The second-order valence-corrected chi connectivity index (χ2v) is 10.2. The Hall–Kier alpha value is -2.15. The topological polar surface area (TPSA) is 106 Å². The van der Waals surface area contributed by atoms with Crippen LogP contribution in [0.15, 0.2) is 36.4 Å². The van der Waals surface area contributed by atoms with Crippen LogP contribution in [0.1, 0.15) is 32.1 Å². The first-order valence-electron chi connectivity index (χ1n) is 11.7. The van der Waals surface area contributed by atoms with Crippen molar-refractivity contribution >= 4 is 47.7 Å². The highest BCUT2D eigenvalue weighted by Crippen LogP contribution is 2.48. The average molecular weight is 593 g/mol. The van der Waals surface area contributed by atoms with Crippen LogP contribution in [-0.4, -0.2) is 54.2 Å². The highest BCUT2D eigenvalue weighted by Gasteiger charge is 2.55. The third-order valence-corrected chi connectivity index (χ3v) is 7.75. The molecule has 3 aliphatic rings. The fourth-order valence-electron chi connectivity index (χ4n) is 4.76. The van der Waals surface area contributed by atoms with Crippen molar-refractivity contribution in [3.8, 4) is 11.5 Å². The van der Waals surface area contributed by atoms with Gasteiger partial charge in [0, 0.05) is 23.2 Å². The highest BCUT2D eigenvalue weighted by molar-refractivity contribution is 7.88. The van der Waals surface area contributed by atoms with Gasteiger partial charge < -0.3 is 24.7 Å². The maximum atomic E-state index is 13.4. The molecule has 0 spiro atoms. The van der Waals surface area contributed by atoms with Gasteiger partial charge >= 0.3 is 0 Å². The molecule has 3 aliphatic carbocycles. The second kappa shape index (κ2) is 13.8. The van der Waals surface area contributed by atoms with Crippen LogP contribution in [0.3, 0.4) is 0 Å². The zero-order valence-corrected chi connectivity index (χ0v) is 22.8. The van der Waals surface area contributed by atoms with Gasteiger partial charge in [-0.3, -0.25) is 13.8 Å². The molecule has 1 amide bonds. The van der Waals surface area contributed by atoms with Crippen molar-refractivity contribution in [2.24, 2.45) is 0 Å². The zero-order chi connectivity index (χ0) is 27.8. The van der Waals surface area contributed by atoms with Crippen LogP contribution in [0.5, 0.6) is 11.5 Å². The summed E-state index contributed by atoms with van der Waals surface area (Å²) in [6.07, 6.45) is 4.35. The fourth-order valence-corrected chi connectivity index (χ4v) is 5.35. The maximum absolute atomic E-state index is 13.4. The number of aldehydes is 1. The Labute approximate surface area is 233 Å². The van der Waals surface area contributed by atoms with Crippen molar-refractivity contribution in [3.63, 3.8) is 0 Å². The molecule has 208 valence electrons. The summed E-state index contributed by atoms with van der Waals surface area (Å²) < 4.78 is 50.9. The fraction of sp³-hybridized carbons (Fsp3) is 0.440. The number of ether oxygens (including phenoxy) is 2. The number of fused-ring (bicyclic) bond motifs is 3. The molecule has 8 nitrogen and oxygen atoms in total. The quantitative estimate of drug-likeness (QED) is 0.255. The van der Waals surface area contributed by atoms with Crippen molar-refractivity contribution in [2.75, 3.05) is 20.3 Å². The lowest BCUT2D eigenvalue weighted by Crippen LogP contribution is -2.69. The number of nitrogens with one attached hydrogen (secondary N) is 2. The van der Waals surface area contributed by atoms with Crippen LogP contribution in [-0.2, 0) is 13.8 Å². The molecule has 38 heavy (non-hydrogen) atoms. The smallest absolute Gasteiger partial charge is 0.258 e. The molecular formula is C25H28Cl2F2N2O6S. The van der Waals surface area contributed by atoms with E-state index >= 15 is 0 Å².